The maximum atomic E-state index is 13.1. The van der Waals surface area contributed by atoms with Gasteiger partial charge in [-0.15, -0.1) is 0 Å². The number of aliphatic hydroxyl groups excluding tert-OH is 1. The summed E-state index contributed by atoms with van der Waals surface area (Å²) in [4.78, 5) is 73.1. The molecule has 104 heavy (non-hydrogen) atoms. The predicted molar refractivity (Wildman–Crippen MR) is 428 cm³/mol. The first-order valence-electron chi connectivity index (χ1n) is 44.1. The highest BCUT2D eigenvalue weighted by molar-refractivity contribution is 7.47. The van der Waals surface area contributed by atoms with Crippen LogP contribution in [0.4, 0.5) is 0 Å². The smallest absolute Gasteiger partial charge is 0.462 e. The fraction of sp³-hybridized carbons (Fsp3) is 0.953. The van der Waals surface area contributed by atoms with E-state index in [0.29, 0.717) is 25.7 Å². The first-order chi connectivity index (χ1) is 50.5. The molecule has 19 heteroatoms. The van der Waals surface area contributed by atoms with Crippen molar-refractivity contribution in [3.05, 3.63) is 0 Å². The molecule has 0 radical (unpaired) electrons. The Labute approximate surface area is 638 Å². The molecule has 0 aromatic rings. The number of ether oxygens (including phenoxy) is 4. The Morgan fingerprint density at radius 2 is 0.442 bits per heavy atom. The summed E-state index contributed by atoms with van der Waals surface area (Å²) in [6, 6.07) is 0. The van der Waals surface area contributed by atoms with Crippen LogP contribution in [0.1, 0.15) is 458 Å². The van der Waals surface area contributed by atoms with Crippen molar-refractivity contribution in [2.24, 2.45) is 5.92 Å². The average molecular weight is 1520 g/mol. The van der Waals surface area contributed by atoms with E-state index < -0.39 is 97.5 Å². The van der Waals surface area contributed by atoms with Crippen molar-refractivity contribution >= 4 is 39.5 Å². The third-order valence-electron chi connectivity index (χ3n) is 20.0. The number of esters is 4. The van der Waals surface area contributed by atoms with Gasteiger partial charge in [-0.3, -0.25) is 37.3 Å². The standard InChI is InChI=1S/C85H166O17P2/c1-6-9-12-15-18-21-23-25-27-29-31-33-35-37-39-44-49-54-59-64-69-83(88)96-75-81(102-84(89)70-65-60-55-50-45-40-38-36-34-32-30-28-26-24-22-19-16-13-10-7-2)77-100-104(93,94)98-73-79(86)72-97-103(91,92)99-76-80(74-95-82(87)68-63-58-53-47-20-17-14-11-8-3)101-85(90)71-66-61-56-51-46-42-41-43-48-52-57-62-67-78(4)5/h78-81,86H,6-77H2,1-5H3,(H,91,92)(H,93,94)/t79-,80+,81+/m0/s1. The van der Waals surface area contributed by atoms with Gasteiger partial charge in [0.1, 0.15) is 19.3 Å². The molecular formula is C85H166O17P2. The van der Waals surface area contributed by atoms with Crippen molar-refractivity contribution in [2.45, 2.75) is 477 Å². The van der Waals surface area contributed by atoms with Crippen LogP contribution in [0.5, 0.6) is 0 Å². The second-order valence-electron chi connectivity index (χ2n) is 31.1. The molecule has 0 aromatic heterocycles. The van der Waals surface area contributed by atoms with Gasteiger partial charge < -0.3 is 33.8 Å². The number of rotatable bonds is 85. The van der Waals surface area contributed by atoms with E-state index in [1.807, 2.05) is 0 Å². The van der Waals surface area contributed by atoms with Gasteiger partial charge in [0.05, 0.1) is 26.4 Å². The number of unbranched alkanes of at least 4 members (excludes halogenated alkanes) is 57. The average Bonchev–Trinajstić information content (AvgIpc) is 0.908. The largest absolute Gasteiger partial charge is 0.472 e. The number of carbonyl (C=O) groups is 4. The molecule has 0 amide bonds. The summed E-state index contributed by atoms with van der Waals surface area (Å²) in [6.45, 7) is 7.35. The van der Waals surface area contributed by atoms with Crippen LogP contribution < -0.4 is 0 Å². The zero-order valence-corrected chi connectivity index (χ0v) is 70.0. The molecule has 3 N–H and O–H groups in total. The highest BCUT2D eigenvalue weighted by Gasteiger charge is 2.30. The Bertz CT molecular complexity index is 1980. The van der Waals surface area contributed by atoms with Crippen LogP contribution in [0.3, 0.4) is 0 Å². The lowest BCUT2D eigenvalue weighted by molar-refractivity contribution is -0.161. The fourth-order valence-electron chi connectivity index (χ4n) is 13.3. The van der Waals surface area contributed by atoms with Gasteiger partial charge in [-0.2, -0.15) is 0 Å². The lowest BCUT2D eigenvalue weighted by Gasteiger charge is -2.21. The van der Waals surface area contributed by atoms with Gasteiger partial charge in [0.25, 0.3) is 0 Å². The Hall–Kier alpha value is -1.94. The lowest BCUT2D eigenvalue weighted by atomic mass is 10.0. The second kappa shape index (κ2) is 77.8. The Morgan fingerprint density at radius 1 is 0.260 bits per heavy atom. The highest BCUT2D eigenvalue weighted by Crippen LogP contribution is 2.45. The molecule has 0 fully saturated rings. The maximum Gasteiger partial charge on any atom is 0.472 e. The van der Waals surface area contributed by atoms with Crippen molar-refractivity contribution in [3.63, 3.8) is 0 Å². The first kappa shape index (κ1) is 102. The summed E-state index contributed by atoms with van der Waals surface area (Å²) in [7, 11) is -9.92. The quantitative estimate of drug-likeness (QED) is 0.0222. The molecule has 0 aromatic carbocycles. The SMILES string of the molecule is CCCCCCCCCCCCCCCCCCCCCCC(=O)OC[C@H](COP(=O)(O)OC[C@@H](O)COP(=O)(O)OC[C@@H](COC(=O)CCCCCCCCCCC)OC(=O)CCCCCCCCCCCCCCC(C)C)OC(=O)CCCCCCCCCCCCCCCCCCCCCC. The van der Waals surface area contributed by atoms with E-state index in [-0.39, 0.29) is 25.7 Å². The van der Waals surface area contributed by atoms with Crippen molar-refractivity contribution in [1.82, 2.24) is 0 Å². The van der Waals surface area contributed by atoms with E-state index in [2.05, 4.69) is 34.6 Å². The van der Waals surface area contributed by atoms with Crippen LogP contribution in [0, 0.1) is 5.92 Å². The third kappa shape index (κ3) is 78.2. The molecule has 2 unspecified atom stereocenters. The van der Waals surface area contributed by atoms with Gasteiger partial charge >= 0.3 is 39.5 Å². The molecule has 0 aliphatic carbocycles. The Balaban J connectivity index is 5.20. The van der Waals surface area contributed by atoms with Crippen molar-refractivity contribution in [2.75, 3.05) is 39.6 Å². The van der Waals surface area contributed by atoms with Gasteiger partial charge in [-0.1, -0.05) is 407 Å². The Morgan fingerprint density at radius 3 is 0.654 bits per heavy atom. The number of hydrogen-bond donors (Lipinski definition) is 3. The normalized spacial score (nSPS) is 13.8. The Kier molecular flexibility index (Phi) is 76.3. The highest BCUT2D eigenvalue weighted by atomic mass is 31.2. The minimum Gasteiger partial charge on any atom is -0.462 e. The van der Waals surface area contributed by atoms with Crippen molar-refractivity contribution in [1.29, 1.82) is 0 Å². The summed E-state index contributed by atoms with van der Waals surface area (Å²) in [6.07, 6.45) is 70.9. The molecule has 0 spiro atoms. The van der Waals surface area contributed by atoms with Crippen molar-refractivity contribution in [3.8, 4) is 0 Å². The minimum absolute atomic E-state index is 0.107. The van der Waals surface area contributed by atoms with E-state index >= 15 is 0 Å². The minimum atomic E-state index is -4.96. The van der Waals surface area contributed by atoms with Gasteiger partial charge in [0.15, 0.2) is 12.2 Å². The summed E-state index contributed by atoms with van der Waals surface area (Å²) in [5.74, 6) is -1.33. The number of phosphoric ester groups is 2. The van der Waals surface area contributed by atoms with Gasteiger partial charge in [0.2, 0.25) is 0 Å². The van der Waals surface area contributed by atoms with Crippen LogP contribution in [0.2, 0.25) is 0 Å². The van der Waals surface area contributed by atoms with E-state index in [1.54, 1.807) is 0 Å². The van der Waals surface area contributed by atoms with Crippen LogP contribution in [0.25, 0.3) is 0 Å². The third-order valence-corrected chi connectivity index (χ3v) is 21.9. The van der Waals surface area contributed by atoms with Crippen LogP contribution >= 0.6 is 15.6 Å². The van der Waals surface area contributed by atoms with Gasteiger partial charge in [-0.05, 0) is 31.6 Å². The molecule has 0 aliphatic heterocycles. The molecule has 0 bridgehead atoms. The molecule has 5 atom stereocenters. The first-order valence-corrected chi connectivity index (χ1v) is 47.1. The molecule has 0 heterocycles. The van der Waals surface area contributed by atoms with E-state index in [4.69, 9.17) is 37.0 Å². The summed E-state index contributed by atoms with van der Waals surface area (Å²) >= 11 is 0. The molecule has 618 valence electrons. The van der Waals surface area contributed by atoms with E-state index in [0.717, 1.165) is 95.8 Å². The summed E-state index contributed by atoms with van der Waals surface area (Å²) < 4.78 is 68.8. The van der Waals surface area contributed by atoms with Crippen molar-refractivity contribution < 1.29 is 80.2 Å². The van der Waals surface area contributed by atoms with Crippen LogP contribution in [-0.2, 0) is 65.4 Å². The second-order valence-corrected chi connectivity index (χ2v) is 34.0. The molecule has 0 rings (SSSR count). The zero-order valence-electron chi connectivity index (χ0n) is 68.2. The number of aliphatic hydroxyl groups is 1. The number of phosphoric acid groups is 2. The number of hydrogen-bond acceptors (Lipinski definition) is 15. The topological polar surface area (TPSA) is 237 Å². The monoisotopic (exact) mass is 1520 g/mol. The molecule has 0 saturated heterocycles. The fourth-order valence-corrected chi connectivity index (χ4v) is 14.9. The molecule has 0 saturated carbocycles. The summed E-state index contributed by atoms with van der Waals surface area (Å²) in [5, 5.41) is 10.7. The van der Waals surface area contributed by atoms with E-state index in [1.165, 1.54) is 283 Å². The van der Waals surface area contributed by atoms with E-state index in [9.17, 15) is 43.2 Å². The van der Waals surface area contributed by atoms with Gasteiger partial charge in [-0.25, -0.2) is 9.13 Å². The summed E-state index contributed by atoms with van der Waals surface area (Å²) in [5.41, 5.74) is 0. The van der Waals surface area contributed by atoms with Crippen LogP contribution in [0.15, 0.2) is 0 Å². The zero-order chi connectivity index (χ0) is 76.2. The lowest BCUT2D eigenvalue weighted by Crippen LogP contribution is -2.30. The maximum absolute atomic E-state index is 13.1. The molecular weight excluding hydrogens is 1350 g/mol. The van der Waals surface area contributed by atoms with Crippen LogP contribution in [-0.4, -0.2) is 96.7 Å². The molecule has 17 nitrogen and oxygen atoms in total. The van der Waals surface area contributed by atoms with Gasteiger partial charge in [0, 0.05) is 25.7 Å². The predicted octanol–water partition coefficient (Wildman–Crippen LogP) is 26.0. The number of carbonyl (C=O) groups excluding carboxylic acids is 4. The molecule has 0 aliphatic rings.